The van der Waals surface area contributed by atoms with Gasteiger partial charge in [0.05, 0.1) is 0 Å². The van der Waals surface area contributed by atoms with Gasteiger partial charge in [0.15, 0.2) is 0 Å². The summed E-state index contributed by atoms with van der Waals surface area (Å²) in [6, 6.07) is 10.5. The maximum absolute atomic E-state index is 11.5. The quantitative estimate of drug-likeness (QED) is 0.797. The van der Waals surface area contributed by atoms with Crippen LogP contribution in [0.5, 0.6) is 0 Å². The number of hydrogen-bond acceptors (Lipinski definition) is 2. The maximum Gasteiger partial charge on any atom is 0.220 e. The first kappa shape index (κ1) is 11.1. The molecule has 2 rings (SSSR count). The van der Waals surface area contributed by atoms with E-state index in [9.17, 15) is 4.79 Å². The number of carbonyl (C=O) groups is 1. The predicted molar refractivity (Wildman–Crippen MR) is 63.9 cm³/mol. The molecule has 0 bridgehead atoms. The topological polar surface area (TPSA) is 55.1 Å². The second-order valence-electron chi connectivity index (χ2n) is 4.50. The Morgan fingerprint density at radius 3 is 2.75 bits per heavy atom. The maximum atomic E-state index is 11.5. The molecule has 0 aliphatic carbocycles. The van der Waals surface area contributed by atoms with Crippen molar-refractivity contribution in [2.75, 3.05) is 6.54 Å². The van der Waals surface area contributed by atoms with Gasteiger partial charge in [0.2, 0.25) is 5.91 Å². The fourth-order valence-electron chi connectivity index (χ4n) is 2.31. The van der Waals surface area contributed by atoms with Crippen molar-refractivity contribution in [2.45, 2.75) is 25.3 Å². The molecule has 1 heterocycles. The summed E-state index contributed by atoms with van der Waals surface area (Å²) in [6.45, 7) is 0.610. The van der Waals surface area contributed by atoms with Crippen molar-refractivity contribution in [2.24, 2.45) is 11.7 Å². The highest BCUT2D eigenvalue weighted by molar-refractivity contribution is 5.77. The summed E-state index contributed by atoms with van der Waals surface area (Å²) < 4.78 is 0. The van der Waals surface area contributed by atoms with Crippen molar-refractivity contribution >= 4 is 5.91 Å². The molecule has 1 aliphatic heterocycles. The second-order valence-corrected chi connectivity index (χ2v) is 4.50. The summed E-state index contributed by atoms with van der Waals surface area (Å²) in [5.74, 6) is 0.491. The van der Waals surface area contributed by atoms with Crippen LogP contribution in [0.15, 0.2) is 30.3 Å². The van der Waals surface area contributed by atoms with Crippen LogP contribution in [0.3, 0.4) is 0 Å². The molecule has 2 atom stereocenters. The Bertz CT molecular complexity index is 350. The molecule has 16 heavy (non-hydrogen) atoms. The fraction of sp³-hybridized carbons (Fsp3) is 0.462. The summed E-state index contributed by atoms with van der Waals surface area (Å²) in [6.07, 6.45) is 2.49. The number of nitrogens with two attached hydrogens (primary N) is 1. The third-order valence-electron chi connectivity index (χ3n) is 3.12. The van der Waals surface area contributed by atoms with E-state index in [-0.39, 0.29) is 11.9 Å². The lowest BCUT2D eigenvalue weighted by atomic mass is 9.89. The van der Waals surface area contributed by atoms with Crippen molar-refractivity contribution in [3.05, 3.63) is 35.9 Å². The zero-order valence-corrected chi connectivity index (χ0v) is 9.36. The van der Waals surface area contributed by atoms with Gasteiger partial charge >= 0.3 is 0 Å². The van der Waals surface area contributed by atoms with Crippen molar-refractivity contribution < 1.29 is 4.79 Å². The molecular formula is C13H18N2O. The molecule has 1 aromatic rings. The normalized spacial score (nSPS) is 25.2. The number of benzene rings is 1. The minimum Gasteiger partial charge on any atom is -0.353 e. The highest BCUT2D eigenvalue weighted by atomic mass is 16.1. The Labute approximate surface area is 96.0 Å². The average molecular weight is 218 g/mol. The van der Waals surface area contributed by atoms with Gasteiger partial charge in [-0.15, -0.1) is 0 Å². The number of piperidine rings is 1. The van der Waals surface area contributed by atoms with Gasteiger partial charge in [0, 0.05) is 12.5 Å². The van der Waals surface area contributed by atoms with Crippen LogP contribution < -0.4 is 11.1 Å². The minimum absolute atomic E-state index is 0.141. The van der Waals surface area contributed by atoms with Crippen LogP contribution in [-0.2, 0) is 11.2 Å². The van der Waals surface area contributed by atoms with Crippen LogP contribution in [0.25, 0.3) is 0 Å². The number of hydrogen-bond donors (Lipinski definition) is 2. The summed E-state index contributed by atoms with van der Waals surface area (Å²) in [7, 11) is 0. The second kappa shape index (κ2) is 5.12. The van der Waals surface area contributed by atoms with E-state index in [4.69, 9.17) is 5.73 Å². The Morgan fingerprint density at radius 1 is 1.31 bits per heavy atom. The standard InChI is InChI=1S/C13H18N2O/c14-9-11-7-12(15-13(16)8-11)6-10-4-2-1-3-5-10/h1-5,11-12H,6-9,14H2,(H,15,16). The fourth-order valence-corrected chi connectivity index (χ4v) is 2.31. The lowest BCUT2D eigenvalue weighted by molar-refractivity contribution is -0.124. The van der Waals surface area contributed by atoms with E-state index in [1.807, 2.05) is 18.2 Å². The third-order valence-corrected chi connectivity index (χ3v) is 3.12. The van der Waals surface area contributed by atoms with Gasteiger partial charge in [-0.2, -0.15) is 0 Å². The lowest BCUT2D eigenvalue weighted by Crippen LogP contribution is -2.45. The number of carbonyl (C=O) groups excluding carboxylic acids is 1. The van der Waals surface area contributed by atoms with Crippen LogP contribution in [0, 0.1) is 5.92 Å². The molecule has 1 saturated heterocycles. The molecule has 3 N–H and O–H groups in total. The molecule has 1 amide bonds. The molecular weight excluding hydrogens is 200 g/mol. The van der Waals surface area contributed by atoms with E-state index < -0.39 is 0 Å². The molecule has 86 valence electrons. The van der Waals surface area contributed by atoms with Gasteiger partial charge < -0.3 is 11.1 Å². The largest absolute Gasteiger partial charge is 0.353 e. The van der Waals surface area contributed by atoms with E-state index in [1.54, 1.807) is 0 Å². The average Bonchev–Trinajstić information content (AvgIpc) is 2.29. The first-order valence-electron chi connectivity index (χ1n) is 5.81. The molecule has 1 aromatic carbocycles. The van der Waals surface area contributed by atoms with Crippen molar-refractivity contribution in [3.8, 4) is 0 Å². The molecule has 3 heteroatoms. The van der Waals surface area contributed by atoms with Crippen LogP contribution in [-0.4, -0.2) is 18.5 Å². The molecule has 0 spiro atoms. The summed E-state index contributed by atoms with van der Waals surface area (Å²) in [4.78, 5) is 11.5. The zero-order chi connectivity index (χ0) is 11.4. The Hall–Kier alpha value is -1.35. The molecule has 2 unspecified atom stereocenters. The van der Waals surface area contributed by atoms with Gasteiger partial charge in [-0.25, -0.2) is 0 Å². The van der Waals surface area contributed by atoms with E-state index in [0.717, 1.165) is 12.8 Å². The Morgan fingerprint density at radius 2 is 2.06 bits per heavy atom. The first-order valence-corrected chi connectivity index (χ1v) is 5.81. The predicted octanol–water partition coefficient (Wildman–Crippen LogP) is 1.08. The van der Waals surface area contributed by atoms with E-state index in [0.29, 0.717) is 18.9 Å². The summed E-state index contributed by atoms with van der Waals surface area (Å²) >= 11 is 0. The van der Waals surface area contributed by atoms with Crippen LogP contribution in [0.2, 0.25) is 0 Å². The number of rotatable bonds is 3. The van der Waals surface area contributed by atoms with Gasteiger partial charge in [0.25, 0.3) is 0 Å². The minimum atomic E-state index is 0.141. The van der Waals surface area contributed by atoms with Gasteiger partial charge in [-0.3, -0.25) is 4.79 Å². The van der Waals surface area contributed by atoms with Crippen LogP contribution >= 0.6 is 0 Å². The zero-order valence-electron chi connectivity index (χ0n) is 9.36. The molecule has 1 fully saturated rings. The van der Waals surface area contributed by atoms with Crippen molar-refractivity contribution in [1.29, 1.82) is 0 Å². The smallest absolute Gasteiger partial charge is 0.220 e. The SMILES string of the molecule is NCC1CC(=O)NC(Cc2ccccc2)C1. The Balaban J connectivity index is 1.97. The van der Waals surface area contributed by atoms with Crippen molar-refractivity contribution in [3.63, 3.8) is 0 Å². The number of nitrogens with one attached hydrogen (secondary N) is 1. The summed E-state index contributed by atoms with van der Waals surface area (Å²) in [5, 5.41) is 3.03. The summed E-state index contributed by atoms with van der Waals surface area (Å²) in [5.41, 5.74) is 6.91. The molecule has 0 saturated carbocycles. The molecule has 0 aromatic heterocycles. The molecule has 0 radical (unpaired) electrons. The Kier molecular flexibility index (Phi) is 3.57. The highest BCUT2D eigenvalue weighted by Crippen LogP contribution is 2.18. The molecule has 1 aliphatic rings. The van der Waals surface area contributed by atoms with E-state index in [2.05, 4.69) is 17.4 Å². The third kappa shape index (κ3) is 2.83. The monoisotopic (exact) mass is 218 g/mol. The van der Waals surface area contributed by atoms with Crippen LogP contribution in [0.4, 0.5) is 0 Å². The van der Waals surface area contributed by atoms with E-state index in [1.165, 1.54) is 5.56 Å². The highest BCUT2D eigenvalue weighted by Gasteiger charge is 2.25. The molecule has 3 nitrogen and oxygen atoms in total. The van der Waals surface area contributed by atoms with E-state index >= 15 is 0 Å². The lowest BCUT2D eigenvalue weighted by Gasteiger charge is -2.29. The van der Waals surface area contributed by atoms with Gasteiger partial charge in [-0.1, -0.05) is 30.3 Å². The van der Waals surface area contributed by atoms with Crippen molar-refractivity contribution in [1.82, 2.24) is 5.32 Å². The van der Waals surface area contributed by atoms with Crippen LogP contribution in [0.1, 0.15) is 18.4 Å². The van der Waals surface area contributed by atoms with Gasteiger partial charge in [-0.05, 0) is 30.9 Å². The number of amides is 1. The van der Waals surface area contributed by atoms with Gasteiger partial charge in [0.1, 0.15) is 0 Å². The first-order chi connectivity index (χ1) is 7.78.